The molecule has 14 heavy (non-hydrogen) atoms. The smallest absolute Gasteiger partial charge is 0.0303 e. The summed E-state index contributed by atoms with van der Waals surface area (Å²) in [6.45, 7) is 2.12. The molecule has 0 aliphatic carbocycles. The van der Waals surface area contributed by atoms with Gasteiger partial charge in [-0.15, -0.1) is 0 Å². The molecule has 0 amide bonds. The summed E-state index contributed by atoms with van der Waals surface area (Å²) >= 11 is 0. The summed E-state index contributed by atoms with van der Waals surface area (Å²) in [5.41, 5.74) is 3.92. The summed E-state index contributed by atoms with van der Waals surface area (Å²) in [6, 6.07) is 12.7. The Bertz CT molecular complexity index is 407. The molecule has 0 radical (unpaired) electrons. The van der Waals surface area contributed by atoms with E-state index in [-0.39, 0.29) is 0 Å². The van der Waals surface area contributed by atoms with E-state index in [0.29, 0.717) is 0 Å². The highest BCUT2D eigenvalue weighted by Crippen LogP contribution is 2.09. The first kappa shape index (κ1) is 8.95. The van der Waals surface area contributed by atoms with Gasteiger partial charge in [0.2, 0.25) is 0 Å². The fourth-order valence-corrected chi connectivity index (χ4v) is 1.56. The Kier molecular flexibility index (Phi) is 2.59. The van der Waals surface area contributed by atoms with Crippen LogP contribution in [0.25, 0.3) is 0 Å². The molecule has 2 aromatic rings. The minimum Gasteiger partial charge on any atom is -0.264 e. The molecule has 2 rings (SSSR count). The molecule has 1 aromatic carbocycles. The summed E-state index contributed by atoms with van der Waals surface area (Å²) in [5, 5.41) is 0. The van der Waals surface area contributed by atoms with Gasteiger partial charge in [-0.1, -0.05) is 35.9 Å². The summed E-state index contributed by atoms with van der Waals surface area (Å²) in [4.78, 5) is 4.10. The highest BCUT2D eigenvalue weighted by atomic mass is 14.6. The van der Waals surface area contributed by atoms with Gasteiger partial charge in [0.1, 0.15) is 0 Å². The lowest BCUT2D eigenvalue weighted by Crippen LogP contribution is -1.88. The van der Waals surface area contributed by atoms with Crippen LogP contribution in [0.3, 0.4) is 0 Å². The molecule has 1 nitrogen and oxygen atoms in total. The SMILES string of the molecule is Cc1cccc(Cc2cccnc2)c1. The molecular weight excluding hydrogens is 170 g/mol. The largest absolute Gasteiger partial charge is 0.264 e. The lowest BCUT2D eigenvalue weighted by atomic mass is 10.0. The molecule has 0 saturated heterocycles. The van der Waals surface area contributed by atoms with Crippen LogP contribution in [0.2, 0.25) is 0 Å². The highest BCUT2D eigenvalue weighted by molar-refractivity contribution is 5.27. The fourth-order valence-electron chi connectivity index (χ4n) is 1.56. The van der Waals surface area contributed by atoms with Gasteiger partial charge in [0.05, 0.1) is 0 Å². The number of rotatable bonds is 2. The predicted octanol–water partition coefficient (Wildman–Crippen LogP) is 2.98. The van der Waals surface area contributed by atoms with Crippen molar-refractivity contribution in [1.82, 2.24) is 4.98 Å². The summed E-state index contributed by atoms with van der Waals surface area (Å²) in [7, 11) is 0. The van der Waals surface area contributed by atoms with Crippen molar-refractivity contribution >= 4 is 0 Å². The first-order valence-corrected chi connectivity index (χ1v) is 4.79. The van der Waals surface area contributed by atoms with Gasteiger partial charge in [0.25, 0.3) is 0 Å². The zero-order chi connectivity index (χ0) is 9.80. The van der Waals surface area contributed by atoms with Crippen molar-refractivity contribution in [2.75, 3.05) is 0 Å². The van der Waals surface area contributed by atoms with E-state index in [9.17, 15) is 0 Å². The first-order chi connectivity index (χ1) is 6.84. The maximum absolute atomic E-state index is 4.10. The topological polar surface area (TPSA) is 12.9 Å². The Hall–Kier alpha value is -1.63. The van der Waals surface area contributed by atoms with E-state index in [0.717, 1.165) is 6.42 Å². The van der Waals surface area contributed by atoms with E-state index < -0.39 is 0 Å². The van der Waals surface area contributed by atoms with Gasteiger partial charge in [-0.25, -0.2) is 0 Å². The lowest BCUT2D eigenvalue weighted by Gasteiger charge is -2.01. The molecule has 1 heterocycles. The first-order valence-electron chi connectivity index (χ1n) is 4.79. The number of aryl methyl sites for hydroxylation is 1. The molecular formula is C13H13N. The van der Waals surface area contributed by atoms with Crippen LogP contribution in [0, 0.1) is 6.92 Å². The second-order valence-electron chi connectivity index (χ2n) is 3.53. The van der Waals surface area contributed by atoms with Crippen molar-refractivity contribution in [2.24, 2.45) is 0 Å². The standard InChI is InChI=1S/C13H13N/c1-11-4-2-5-12(8-11)9-13-6-3-7-14-10-13/h2-8,10H,9H2,1H3. The number of nitrogens with zero attached hydrogens (tertiary/aromatic N) is 1. The molecule has 1 heteroatoms. The molecule has 0 fully saturated rings. The van der Waals surface area contributed by atoms with Crippen molar-refractivity contribution in [3.8, 4) is 0 Å². The van der Waals surface area contributed by atoms with Gasteiger partial charge in [0, 0.05) is 12.4 Å². The van der Waals surface area contributed by atoms with Crippen molar-refractivity contribution in [3.05, 3.63) is 65.5 Å². The van der Waals surface area contributed by atoms with E-state index in [1.807, 2.05) is 12.3 Å². The average molecular weight is 183 g/mol. The summed E-state index contributed by atoms with van der Waals surface area (Å²) in [5.74, 6) is 0. The average Bonchev–Trinajstić information content (AvgIpc) is 2.19. The molecule has 0 saturated carbocycles. The quantitative estimate of drug-likeness (QED) is 0.697. The van der Waals surface area contributed by atoms with Crippen LogP contribution in [0.1, 0.15) is 16.7 Å². The zero-order valence-corrected chi connectivity index (χ0v) is 8.27. The monoisotopic (exact) mass is 183 g/mol. The van der Waals surface area contributed by atoms with Crippen LogP contribution in [0.15, 0.2) is 48.8 Å². The Labute approximate surface area is 84.4 Å². The van der Waals surface area contributed by atoms with Gasteiger partial charge in [-0.2, -0.15) is 0 Å². The number of benzene rings is 1. The summed E-state index contributed by atoms with van der Waals surface area (Å²) < 4.78 is 0. The van der Waals surface area contributed by atoms with Gasteiger partial charge in [0.15, 0.2) is 0 Å². The molecule has 0 aliphatic rings. The van der Waals surface area contributed by atoms with Crippen LogP contribution < -0.4 is 0 Å². The van der Waals surface area contributed by atoms with E-state index in [1.54, 1.807) is 6.20 Å². The van der Waals surface area contributed by atoms with E-state index in [2.05, 4.69) is 42.2 Å². The number of aromatic nitrogens is 1. The number of hydrogen-bond acceptors (Lipinski definition) is 1. The minimum atomic E-state index is 0.968. The van der Waals surface area contributed by atoms with Gasteiger partial charge in [-0.3, -0.25) is 4.98 Å². The Morgan fingerprint density at radius 2 is 1.93 bits per heavy atom. The second kappa shape index (κ2) is 4.05. The van der Waals surface area contributed by atoms with Crippen LogP contribution in [-0.4, -0.2) is 4.98 Å². The third kappa shape index (κ3) is 2.19. The van der Waals surface area contributed by atoms with E-state index >= 15 is 0 Å². The van der Waals surface area contributed by atoms with Crippen molar-refractivity contribution < 1.29 is 0 Å². The third-order valence-electron chi connectivity index (χ3n) is 2.21. The van der Waals surface area contributed by atoms with Crippen molar-refractivity contribution in [2.45, 2.75) is 13.3 Å². The van der Waals surface area contributed by atoms with Crippen molar-refractivity contribution in [3.63, 3.8) is 0 Å². The fraction of sp³-hybridized carbons (Fsp3) is 0.154. The maximum atomic E-state index is 4.10. The van der Waals surface area contributed by atoms with Crippen LogP contribution in [-0.2, 0) is 6.42 Å². The number of hydrogen-bond donors (Lipinski definition) is 0. The van der Waals surface area contributed by atoms with Crippen LogP contribution in [0.4, 0.5) is 0 Å². The summed E-state index contributed by atoms with van der Waals surface area (Å²) in [6.07, 6.45) is 4.69. The zero-order valence-electron chi connectivity index (χ0n) is 8.27. The Morgan fingerprint density at radius 1 is 1.07 bits per heavy atom. The third-order valence-corrected chi connectivity index (χ3v) is 2.21. The van der Waals surface area contributed by atoms with E-state index in [4.69, 9.17) is 0 Å². The van der Waals surface area contributed by atoms with Gasteiger partial charge < -0.3 is 0 Å². The lowest BCUT2D eigenvalue weighted by molar-refractivity contribution is 1.14. The van der Waals surface area contributed by atoms with Gasteiger partial charge in [-0.05, 0) is 30.5 Å². The molecule has 0 atom stereocenters. The Balaban J connectivity index is 2.19. The molecule has 0 aliphatic heterocycles. The molecule has 70 valence electrons. The highest BCUT2D eigenvalue weighted by Gasteiger charge is 1.95. The van der Waals surface area contributed by atoms with Crippen LogP contribution in [0.5, 0.6) is 0 Å². The minimum absolute atomic E-state index is 0.968. The predicted molar refractivity (Wildman–Crippen MR) is 58.2 cm³/mol. The Morgan fingerprint density at radius 3 is 2.64 bits per heavy atom. The maximum Gasteiger partial charge on any atom is 0.0303 e. The molecule has 1 aromatic heterocycles. The number of pyridine rings is 1. The molecule has 0 N–H and O–H groups in total. The second-order valence-corrected chi connectivity index (χ2v) is 3.53. The van der Waals surface area contributed by atoms with Crippen molar-refractivity contribution in [1.29, 1.82) is 0 Å². The molecule has 0 unspecified atom stereocenters. The molecule has 0 spiro atoms. The van der Waals surface area contributed by atoms with E-state index in [1.165, 1.54) is 16.7 Å². The normalized spacial score (nSPS) is 10.1. The van der Waals surface area contributed by atoms with Crippen LogP contribution >= 0.6 is 0 Å². The molecule has 0 bridgehead atoms. The van der Waals surface area contributed by atoms with Gasteiger partial charge >= 0.3 is 0 Å².